The quantitative estimate of drug-likeness (QED) is 0.765. The fourth-order valence-corrected chi connectivity index (χ4v) is 2.50. The number of ether oxygens (including phenoxy) is 1. The van der Waals surface area contributed by atoms with Crippen LogP contribution in [0, 0.1) is 12.7 Å². The second-order valence-electron chi connectivity index (χ2n) is 5.42. The van der Waals surface area contributed by atoms with Crippen LogP contribution in [0.5, 0.6) is 5.75 Å². The molecule has 0 radical (unpaired) electrons. The van der Waals surface area contributed by atoms with Crippen molar-refractivity contribution in [1.29, 1.82) is 0 Å². The van der Waals surface area contributed by atoms with E-state index in [0.717, 1.165) is 5.75 Å². The van der Waals surface area contributed by atoms with Crippen molar-refractivity contribution in [1.82, 2.24) is 9.78 Å². The van der Waals surface area contributed by atoms with Crippen LogP contribution in [-0.2, 0) is 0 Å². The van der Waals surface area contributed by atoms with Crippen LogP contribution < -0.4 is 10.1 Å². The monoisotopic (exact) mass is 339 g/mol. The normalized spacial score (nSPS) is 10.5. The van der Waals surface area contributed by atoms with Crippen LogP contribution in [0.15, 0.2) is 54.7 Å². The van der Waals surface area contributed by atoms with Crippen molar-refractivity contribution in [3.05, 3.63) is 71.8 Å². The predicted octanol–water partition coefficient (Wildman–Crippen LogP) is 3.97. The van der Waals surface area contributed by atoms with Crippen LogP contribution in [-0.4, -0.2) is 22.3 Å². The molecule has 1 amide bonds. The van der Waals surface area contributed by atoms with Gasteiger partial charge in [-0.3, -0.25) is 4.79 Å². The maximum absolute atomic E-state index is 13.9. The van der Waals surface area contributed by atoms with Gasteiger partial charge in [-0.15, -0.1) is 0 Å². The summed E-state index contributed by atoms with van der Waals surface area (Å²) in [5, 5.41) is 6.95. The van der Waals surface area contributed by atoms with Crippen LogP contribution in [0.25, 0.3) is 5.69 Å². The van der Waals surface area contributed by atoms with Gasteiger partial charge in [-0.25, -0.2) is 9.07 Å². The zero-order chi connectivity index (χ0) is 17.8. The number of aromatic nitrogens is 2. The molecule has 0 aliphatic carbocycles. The SMILES string of the molecule is CCOc1ccc(NC(=O)c2cnn(-c3ccccc3F)c2C)cc1. The van der Waals surface area contributed by atoms with Gasteiger partial charge >= 0.3 is 0 Å². The highest BCUT2D eigenvalue weighted by Gasteiger charge is 2.17. The predicted molar refractivity (Wildman–Crippen MR) is 93.8 cm³/mol. The highest BCUT2D eigenvalue weighted by atomic mass is 19.1. The zero-order valence-electron chi connectivity index (χ0n) is 14.0. The molecule has 1 N–H and O–H groups in total. The molecule has 0 saturated heterocycles. The number of amides is 1. The van der Waals surface area contributed by atoms with Gasteiger partial charge in [0, 0.05) is 5.69 Å². The van der Waals surface area contributed by atoms with E-state index in [-0.39, 0.29) is 5.91 Å². The Morgan fingerprint density at radius 1 is 1.20 bits per heavy atom. The molecule has 2 aromatic carbocycles. The molecule has 0 unspecified atom stereocenters. The standard InChI is InChI=1S/C19H18FN3O2/c1-3-25-15-10-8-14(9-11-15)22-19(24)16-12-21-23(13(16)2)18-7-5-4-6-17(18)20/h4-12H,3H2,1-2H3,(H,22,24). The number of nitrogens with one attached hydrogen (secondary N) is 1. The van der Waals surface area contributed by atoms with Crippen LogP contribution in [0.4, 0.5) is 10.1 Å². The van der Waals surface area contributed by atoms with Gasteiger partial charge in [0.05, 0.1) is 24.1 Å². The van der Waals surface area contributed by atoms with Gasteiger partial charge in [-0.2, -0.15) is 5.10 Å². The minimum atomic E-state index is -0.396. The number of halogens is 1. The van der Waals surface area contributed by atoms with E-state index in [2.05, 4.69) is 10.4 Å². The van der Waals surface area contributed by atoms with Crippen LogP contribution >= 0.6 is 0 Å². The minimum Gasteiger partial charge on any atom is -0.494 e. The Morgan fingerprint density at radius 2 is 1.92 bits per heavy atom. The van der Waals surface area contributed by atoms with Gasteiger partial charge in [0.15, 0.2) is 0 Å². The lowest BCUT2D eigenvalue weighted by Crippen LogP contribution is -2.13. The van der Waals surface area contributed by atoms with Crippen molar-refractivity contribution >= 4 is 11.6 Å². The molecule has 3 rings (SSSR count). The number of benzene rings is 2. The third-order valence-electron chi connectivity index (χ3n) is 3.76. The van der Waals surface area contributed by atoms with E-state index >= 15 is 0 Å². The van der Waals surface area contributed by atoms with E-state index in [1.54, 1.807) is 49.4 Å². The second-order valence-corrected chi connectivity index (χ2v) is 5.42. The van der Waals surface area contributed by atoms with Crippen LogP contribution in [0.3, 0.4) is 0 Å². The number of para-hydroxylation sites is 1. The lowest BCUT2D eigenvalue weighted by molar-refractivity contribution is 0.102. The van der Waals surface area contributed by atoms with E-state index in [4.69, 9.17) is 4.74 Å². The van der Waals surface area contributed by atoms with Gasteiger partial charge < -0.3 is 10.1 Å². The molecule has 6 heteroatoms. The van der Waals surface area contributed by atoms with Gasteiger partial charge in [0.2, 0.25) is 0 Å². The van der Waals surface area contributed by atoms with E-state index in [0.29, 0.717) is 29.2 Å². The van der Waals surface area contributed by atoms with Crippen molar-refractivity contribution in [2.24, 2.45) is 0 Å². The highest BCUT2D eigenvalue weighted by molar-refractivity contribution is 6.05. The first kappa shape index (κ1) is 16.7. The summed E-state index contributed by atoms with van der Waals surface area (Å²) in [4.78, 5) is 12.5. The van der Waals surface area contributed by atoms with Crippen molar-refractivity contribution in [3.8, 4) is 11.4 Å². The number of nitrogens with zero attached hydrogens (tertiary/aromatic N) is 2. The average Bonchev–Trinajstić information content (AvgIpc) is 2.99. The van der Waals surface area contributed by atoms with Crippen molar-refractivity contribution in [2.75, 3.05) is 11.9 Å². The molecular weight excluding hydrogens is 321 g/mol. The summed E-state index contributed by atoms with van der Waals surface area (Å²) in [5.74, 6) is 0.0421. The lowest BCUT2D eigenvalue weighted by Gasteiger charge is -2.08. The molecule has 0 saturated carbocycles. The van der Waals surface area contributed by atoms with E-state index in [9.17, 15) is 9.18 Å². The number of hydrogen-bond acceptors (Lipinski definition) is 3. The largest absolute Gasteiger partial charge is 0.494 e. The Hall–Kier alpha value is -3.15. The summed E-state index contributed by atoms with van der Waals surface area (Å²) in [5.41, 5.74) is 1.90. The van der Waals surface area contributed by atoms with Gasteiger partial charge in [0.25, 0.3) is 5.91 Å². The topological polar surface area (TPSA) is 56.1 Å². The number of carbonyl (C=O) groups is 1. The summed E-state index contributed by atoms with van der Waals surface area (Å²) in [6.45, 7) is 4.22. The molecule has 128 valence electrons. The zero-order valence-corrected chi connectivity index (χ0v) is 14.0. The number of anilines is 1. The third-order valence-corrected chi connectivity index (χ3v) is 3.76. The maximum Gasteiger partial charge on any atom is 0.259 e. The molecule has 3 aromatic rings. The molecule has 1 aromatic heterocycles. The van der Waals surface area contributed by atoms with E-state index in [1.165, 1.54) is 16.9 Å². The summed E-state index contributed by atoms with van der Waals surface area (Å²) in [6.07, 6.45) is 1.44. The molecular formula is C19H18FN3O2. The van der Waals surface area contributed by atoms with Gasteiger partial charge in [-0.1, -0.05) is 12.1 Å². The number of carbonyl (C=O) groups excluding carboxylic acids is 1. The first-order valence-electron chi connectivity index (χ1n) is 7.94. The van der Waals surface area contributed by atoms with Gasteiger partial charge in [0.1, 0.15) is 17.3 Å². The van der Waals surface area contributed by atoms with Crippen molar-refractivity contribution < 1.29 is 13.9 Å². The van der Waals surface area contributed by atoms with Crippen LogP contribution in [0.2, 0.25) is 0 Å². The molecule has 0 spiro atoms. The summed E-state index contributed by atoms with van der Waals surface area (Å²) in [7, 11) is 0. The first-order chi connectivity index (χ1) is 12.1. The fourth-order valence-electron chi connectivity index (χ4n) is 2.50. The molecule has 1 heterocycles. The Balaban J connectivity index is 1.80. The lowest BCUT2D eigenvalue weighted by atomic mass is 10.2. The molecule has 0 fully saturated rings. The molecule has 0 bridgehead atoms. The summed E-state index contributed by atoms with van der Waals surface area (Å²) >= 11 is 0. The fraction of sp³-hybridized carbons (Fsp3) is 0.158. The maximum atomic E-state index is 13.9. The summed E-state index contributed by atoms with van der Waals surface area (Å²) < 4.78 is 20.7. The second kappa shape index (κ2) is 7.17. The third kappa shape index (κ3) is 3.52. The Labute approximate surface area is 145 Å². The smallest absolute Gasteiger partial charge is 0.259 e. The summed E-state index contributed by atoms with van der Waals surface area (Å²) in [6, 6.07) is 13.4. The highest BCUT2D eigenvalue weighted by Crippen LogP contribution is 2.19. The van der Waals surface area contributed by atoms with Gasteiger partial charge in [-0.05, 0) is 50.2 Å². The molecule has 0 aliphatic heterocycles. The average molecular weight is 339 g/mol. The number of rotatable bonds is 5. The number of hydrogen-bond donors (Lipinski definition) is 1. The Bertz CT molecular complexity index is 888. The molecule has 0 atom stereocenters. The first-order valence-corrected chi connectivity index (χ1v) is 7.94. The van der Waals surface area contributed by atoms with E-state index in [1.807, 2.05) is 6.92 Å². The van der Waals surface area contributed by atoms with Crippen LogP contribution in [0.1, 0.15) is 23.0 Å². The molecule has 0 aliphatic rings. The molecule has 25 heavy (non-hydrogen) atoms. The molecule has 5 nitrogen and oxygen atoms in total. The van der Waals surface area contributed by atoms with Crippen molar-refractivity contribution in [2.45, 2.75) is 13.8 Å². The Kier molecular flexibility index (Phi) is 4.79. The minimum absolute atomic E-state index is 0.302. The Morgan fingerprint density at radius 3 is 2.60 bits per heavy atom. The van der Waals surface area contributed by atoms with Crippen molar-refractivity contribution in [3.63, 3.8) is 0 Å². The van der Waals surface area contributed by atoms with E-state index < -0.39 is 5.82 Å².